The van der Waals surface area contributed by atoms with Crippen molar-refractivity contribution in [1.29, 1.82) is 0 Å². The molecular formula is C22H21N5OS. The number of carbonyl (C=O) groups excluding carboxylic acids is 1. The lowest BCUT2D eigenvalue weighted by Crippen LogP contribution is -2.16. The summed E-state index contributed by atoms with van der Waals surface area (Å²) in [5.41, 5.74) is 3.97. The van der Waals surface area contributed by atoms with Gasteiger partial charge in [0, 0.05) is 24.5 Å². The minimum absolute atomic E-state index is 0.216. The van der Waals surface area contributed by atoms with E-state index in [-0.39, 0.29) is 5.91 Å². The van der Waals surface area contributed by atoms with Gasteiger partial charge in [0.2, 0.25) is 0 Å². The molecule has 0 spiro atoms. The Kier molecular flexibility index (Phi) is 4.52. The first-order valence-electron chi connectivity index (χ1n) is 9.76. The number of carbonyl (C=O) groups is 1. The number of fused-ring (bicyclic) bond motifs is 1. The quantitative estimate of drug-likeness (QED) is 0.539. The zero-order valence-corrected chi connectivity index (χ0v) is 16.9. The molecule has 0 radical (unpaired) electrons. The van der Waals surface area contributed by atoms with Gasteiger partial charge in [-0.2, -0.15) is 5.10 Å². The number of hydrogen-bond acceptors (Lipinski definition) is 5. The average Bonchev–Trinajstić information content (AvgIpc) is 3.47. The summed E-state index contributed by atoms with van der Waals surface area (Å²) in [6.45, 7) is 4.10. The lowest BCUT2D eigenvalue weighted by molar-refractivity contribution is 0.102. The van der Waals surface area contributed by atoms with Gasteiger partial charge in [-0.1, -0.05) is 29.5 Å². The highest BCUT2D eigenvalue weighted by Crippen LogP contribution is 2.32. The maximum Gasteiger partial charge on any atom is 0.276 e. The van der Waals surface area contributed by atoms with E-state index in [4.69, 9.17) is 4.98 Å². The molecule has 1 N–H and O–H groups in total. The summed E-state index contributed by atoms with van der Waals surface area (Å²) in [6.07, 6.45) is 2.46. The van der Waals surface area contributed by atoms with Crippen molar-refractivity contribution in [2.45, 2.75) is 19.8 Å². The van der Waals surface area contributed by atoms with Gasteiger partial charge in [-0.15, -0.1) is 0 Å². The molecule has 1 amide bonds. The van der Waals surface area contributed by atoms with E-state index in [1.54, 1.807) is 22.1 Å². The van der Waals surface area contributed by atoms with E-state index in [0.29, 0.717) is 5.69 Å². The first-order chi connectivity index (χ1) is 14.2. The van der Waals surface area contributed by atoms with Crippen LogP contribution >= 0.6 is 11.3 Å². The van der Waals surface area contributed by atoms with E-state index in [0.717, 1.165) is 45.5 Å². The number of aromatic nitrogens is 3. The van der Waals surface area contributed by atoms with Gasteiger partial charge in [0.05, 0.1) is 15.9 Å². The van der Waals surface area contributed by atoms with E-state index in [1.807, 2.05) is 55.5 Å². The first kappa shape index (κ1) is 17.9. The van der Waals surface area contributed by atoms with Crippen molar-refractivity contribution in [3.63, 3.8) is 0 Å². The minimum atomic E-state index is -0.216. The zero-order valence-electron chi connectivity index (χ0n) is 16.1. The maximum atomic E-state index is 12.8. The second kappa shape index (κ2) is 7.33. The molecule has 0 aliphatic carbocycles. The number of amides is 1. The Hall–Kier alpha value is -3.19. The third kappa shape index (κ3) is 3.49. The summed E-state index contributed by atoms with van der Waals surface area (Å²) in [7, 11) is 0. The molecule has 7 heteroatoms. The Bertz CT molecular complexity index is 1170. The molecule has 2 aromatic carbocycles. The van der Waals surface area contributed by atoms with Crippen LogP contribution in [0, 0.1) is 6.92 Å². The largest absolute Gasteiger partial charge is 0.348 e. The highest BCUT2D eigenvalue weighted by Gasteiger charge is 2.17. The van der Waals surface area contributed by atoms with Gasteiger partial charge in [-0.05, 0) is 56.2 Å². The maximum absolute atomic E-state index is 12.8. The molecule has 29 heavy (non-hydrogen) atoms. The number of aryl methyl sites for hydroxylation is 1. The van der Waals surface area contributed by atoms with Crippen LogP contribution in [0.3, 0.4) is 0 Å². The lowest BCUT2D eigenvalue weighted by Gasteiger charge is -2.11. The molecule has 2 aromatic heterocycles. The fourth-order valence-corrected chi connectivity index (χ4v) is 4.70. The predicted molar refractivity (Wildman–Crippen MR) is 117 cm³/mol. The topological polar surface area (TPSA) is 63.1 Å². The molecule has 1 fully saturated rings. The summed E-state index contributed by atoms with van der Waals surface area (Å²) in [5.74, 6) is -0.216. The minimum Gasteiger partial charge on any atom is -0.348 e. The van der Waals surface area contributed by atoms with Gasteiger partial charge in [0.1, 0.15) is 0 Å². The van der Waals surface area contributed by atoms with Crippen LogP contribution in [0.15, 0.2) is 54.6 Å². The van der Waals surface area contributed by atoms with Crippen molar-refractivity contribution in [3.05, 3.63) is 66.0 Å². The van der Waals surface area contributed by atoms with Gasteiger partial charge in [-0.3, -0.25) is 4.79 Å². The standard InChI is InChI=1S/C22H21N5OS/c1-15-13-19(25-27(15)17-7-3-2-4-8-17)21(28)23-16-9-10-18-20(14-16)29-22(24-18)26-11-5-6-12-26/h2-4,7-10,13-14H,5-6,11-12H2,1H3,(H,23,28). The number of nitrogens with one attached hydrogen (secondary N) is 1. The van der Waals surface area contributed by atoms with Gasteiger partial charge in [0.15, 0.2) is 10.8 Å². The molecule has 0 unspecified atom stereocenters. The molecule has 1 aliphatic rings. The van der Waals surface area contributed by atoms with E-state index in [2.05, 4.69) is 15.3 Å². The normalized spacial score (nSPS) is 13.9. The van der Waals surface area contributed by atoms with Crippen molar-refractivity contribution in [3.8, 4) is 5.69 Å². The van der Waals surface area contributed by atoms with Crippen molar-refractivity contribution in [1.82, 2.24) is 14.8 Å². The summed E-state index contributed by atoms with van der Waals surface area (Å²) >= 11 is 1.68. The summed E-state index contributed by atoms with van der Waals surface area (Å²) in [6, 6.07) is 17.5. The Morgan fingerprint density at radius 2 is 1.86 bits per heavy atom. The third-order valence-corrected chi connectivity index (χ3v) is 6.21. The Morgan fingerprint density at radius 1 is 1.07 bits per heavy atom. The highest BCUT2D eigenvalue weighted by molar-refractivity contribution is 7.22. The number of anilines is 2. The average molecular weight is 404 g/mol. The highest BCUT2D eigenvalue weighted by atomic mass is 32.1. The van der Waals surface area contributed by atoms with Crippen LogP contribution in [-0.4, -0.2) is 33.8 Å². The SMILES string of the molecule is Cc1cc(C(=O)Nc2ccc3nc(N4CCCC4)sc3c2)nn1-c1ccccc1. The van der Waals surface area contributed by atoms with Crippen LogP contribution in [0.25, 0.3) is 15.9 Å². The Labute approximate surface area is 172 Å². The predicted octanol–water partition coefficient (Wildman–Crippen LogP) is 4.64. The number of thiazole rings is 1. The number of para-hydroxylation sites is 1. The molecule has 5 rings (SSSR count). The Morgan fingerprint density at radius 3 is 2.66 bits per heavy atom. The molecule has 0 saturated carbocycles. The molecule has 6 nitrogen and oxygen atoms in total. The fraction of sp³-hybridized carbons (Fsp3) is 0.227. The van der Waals surface area contributed by atoms with Crippen molar-refractivity contribution in [2.75, 3.05) is 23.3 Å². The van der Waals surface area contributed by atoms with E-state index in [9.17, 15) is 4.79 Å². The van der Waals surface area contributed by atoms with Gasteiger partial charge < -0.3 is 10.2 Å². The van der Waals surface area contributed by atoms with Crippen LogP contribution in [-0.2, 0) is 0 Å². The number of benzene rings is 2. The van der Waals surface area contributed by atoms with Crippen molar-refractivity contribution in [2.24, 2.45) is 0 Å². The second-order valence-electron chi connectivity index (χ2n) is 7.25. The fourth-order valence-electron chi connectivity index (χ4n) is 3.65. The zero-order chi connectivity index (χ0) is 19.8. The van der Waals surface area contributed by atoms with Crippen LogP contribution in [0.2, 0.25) is 0 Å². The van der Waals surface area contributed by atoms with Gasteiger partial charge in [0.25, 0.3) is 5.91 Å². The Balaban J connectivity index is 1.37. The van der Waals surface area contributed by atoms with Crippen molar-refractivity contribution >= 4 is 38.3 Å². The van der Waals surface area contributed by atoms with Crippen LogP contribution in [0.1, 0.15) is 29.0 Å². The van der Waals surface area contributed by atoms with E-state index < -0.39 is 0 Å². The third-order valence-electron chi connectivity index (χ3n) is 5.13. The number of rotatable bonds is 4. The molecule has 146 valence electrons. The van der Waals surface area contributed by atoms with Crippen LogP contribution in [0.5, 0.6) is 0 Å². The molecule has 0 bridgehead atoms. The van der Waals surface area contributed by atoms with Crippen LogP contribution < -0.4 is 10.2 Å². The summed E-state index contributed by atoms with van der Waals surface area (Å²) in [5, 5.41) is 8.52. The van der Waals surface area contributed by atoms with E-state index >= 15 is 0 Å². The summed E-state index contributed by atoms with van der Waals surface area (Å²) in [4.78, 5) is 19.8. The molecule has 3 heterocycles. The molecule has 1 aliphatic heterocycles. The number of hydrogen-bond donors (Lipinski definition) is 1. The molecule has 1 saturated heterocycles. The summed E-state index contributed by atoms with van der Waals surface area (Å²) < 4.78 is 2.86. The van der Waals surface area contributed by atoms with E-state index in [1.165, 1.54) is 12.8 Å². The van der Waals surface area contributed by atoms with Crippen LogP contribution in [0.4, 0.5) is 10.8 Å². The molecule has 0 atom stereocenters. The monoisotopic (exact) mass is 403 g/mol. The lowest BCUT2D eigenvalue weighted by atomic mass is 10.3. The van der Waals surface area contributed by atoms with Crippen molar-refractivity contribution < 1.29 is 4.79 Å². The molecular weight excluding hydrogens is 382 g/mol. The second-order valence-corrected chi connectivity index (χ2v) is 8.25. The van der Waals surface area contributed by atoms with Gasteiger partial charge in [-0.25, -0.2) is 9.67 Å². The molecule has 4 aromatic rings. The first-order valence-corrected chi connectivity index (χ1v) is 10.6. The van der Waals surface area contributed by atoms with Gasteiger partial charge >= 0.3 is 0 Å². The number of nitrogens with zero attached hydrogens (tertiary/aromatic N) is 4. The smallest absolute Gasteiger partial charge is 0.276 e.